The maximum Gasteiger partial charge on any atom is 0.439 e. The van der Waals surface area contributed by atoms with Crippen molar-refractivity contribution in [2.75, 3.05) is 0 Å². The first-order valence-electron chi connectivity index (χ1n) is 5.89. The first-order valence-corrected chi connectivity index (χ1v) is 5.89. The van der Waals surface area contributed by atoms with Crippen LogP contribution in [0.4, 0.5) is 13.2 Å². The largest absolute Gasteiger partial charge is 0.439 e. The minimum absolute atomic E-state index is 0.0571. The van der Waals surface area contributed by atoms with Gasteiger partial charge >= 0.3 is 6.18 Å². The van der Waals surface area contributed by atoms with E-state index in [0.29, 0.717) is 19.3 Å². The van der Waals surface area contributed by atoms with Gasteiger partial charge in [0.2, 0.25) is 0 Å². The van der Waals surface area contributed by atoms with E-state index in [1.165, 1.54) is 6.07 Å². The molecule has 1 aliphatic heterocycles. The molecule has 19 heavy (non-hydrogen) atoms. The minimum atomic E-state index is -5.01. The van der Waals surface area contributed by atoms with E-state index in [2.05, 4.69) is 5.10 Å². The van der Waals surface area contributed by atoms with Gasteiger partial charge < -0.3 is 5.11 Å². The maximum absolute atomic E-state index is 13.2. The van der Waals surface area contributed by atoms with Crippen LogP contribution in [0.25, 0.3) is 0 Å². The molecule has 1 fully saturated rings. The lowest BCUT2D eigenvalue weighted by Gasteiger charge is -2.37. The third-order valence-corrected chi connectivity index (χ3v) is 3.50. The lowest BCUT2D eigenvalue weighted by Crippen LogP contribution is -2.61. The quantitative estimate of drug-likeness (QED) is 0.788. The standard InChI is InChI=1S/C11H12F3N3O2/c12-11(13,14)10(19)7-3-1-2-4-8(7)16-17(10)9(18)5-6-15/h7,19H,1-5H2/t7-,10+/m0/s1. The third-order valence-electron chi connectivity index (χ3n) is 3.50. The molecule has 0 saturated heterocycles. The number of halogens is 3. The molecule has 0 unspecified atom stereocenters. The summed E-state index contributed by atoms with van der Waals surface area (Å²) in [5.74, 6) is -2.35. The zero-order valence-corrected chi connectivity index (χ0v) is 9.94. The van der Waals surface area contributed by atoms with E-state index >= 15 is 0 Å². The van der Waals surface area contributed by atoms with Gasteiger partial charge in [0.05, 0.1) is 12.0 Å². The minimum Gasteiger partial charge on any atom is -0.362 e. The first-order chi connectivity index (χ1) is 8.82. The number of amides is 1. The van der Waals surface area contributed by atoms with E-state index in [0.717, 1.165) is 0 Å². The van der Waals surface area contributed by atoms with Crippen LogP contribution >= 0.6 is 0 Å². The van der Waals surface area contributed by atoms with Crippen LogP contribution < -0.4 is 0 Å². The second kappa shape index (κ2) is 4.49. The fraction of sp³-hybridized carbons (Fsp3) is 0.727. The molecule has 1 heterocycles. The van der Waals surface area contributed by atoms with Gasteiger partial charge in [0.25, 0.3) is 11.6 Å². The Kier molecular flexibility index (Phi) is 3.26. The van der Waals surface area contributed by atoms with Gasteiger partial charge in [0, 0.05) is 5.71 Å². The molecule has 0 radical (unpaired) electrons. The van der Waals surface area contributed by atoms with Crippen LogP contribution in [0.2, 0.25) is 0 Å². The van der Waals surface area contributed by atoms with E-state index < -0.39 is 30.1 Å². The normalized spacial score (nSPS) is 30.6. The third kappa shape index (κ3) is 1.98. The molecule has 2 rings (SSSR count). The van der Waals surface area contributed by atoms with Crippen molar-refractivity contribution in [1.29, 1.82) is 5.26 Å². The monoisotopic (exact) mass is 275 g/mol. The first kappa shape index (κ1) is 13.8. The van der Waals surface area contributed by atoms with Gasteiger partial charge in [-0.25, -0.2) is 0 Å². The smallest absolute Gasteiger partial charge is 0.362 e. The van der Waals surface area contributed by atoms with Crippen molar-refractivity contribution in [3.05, 3.63) is 0 Å². The Hall–Kier alpha value is -1.62. The molecule has 1 saturated carbocycles. The van der Waals surface area contributed by atoms with Crippen molar-refractivity contribution in [3.8, 4) is 6.07 Å². The highest BCUT2D eigenvalue weighted by molar-refractivity contribution is 5.93. The summed E-state index contributed by atoms with van der Waals surface area (Å²) in [6.07, 6.45) is -4.07. The van der Waals surface area contributed by atoms with E-state index in [1.807, 2.05) is 0 Å². The highest BCUT2D eigenvalue weighted by atomic mass is 19.4. The molecular formula is C11H12F3N3O2. The zero-order chi connectivity index (χ0) is 14.3. The molecule has 2 aliphatic rings. The summed E-state index contributed by atoms with van der Waals surface area (Å²) in [6.45, 7) is 0. The van der Waals surface area contributed by atoms with E-state index in [9.17, 15) is 23.1 Å². The predicted molar refractivity (Wildman–Crippen MR) is 57.5 cm³/mol. The number of fused-ring (bicyclic) bond motifs is 1. The van der Waals surface area contributed by atoms with Crippen molar-refractivity contribution >= 4 is 11.6 Å². The Bertz CT molecular complexity index is 469. The summed E-state index contributed by atoms with van der Waals surface area (Å²) < 4.78 is 39.5. The SMILES string of the molecule is N#CCC(=O)N1N=C2CCCC[C@@H]2[C@@]1(O)C(F)(F)F. The molecule has 5 nitrogen and oxygen atoms in total. The molecule has 0 aromatic rings. The fourth-order valence-electron chi connectivity index (χ4n) is 2.61. The number of alkyl halides is 3. The number of carbonyl (C=O) groups is 1. The number of aliphatic hydroxyl groups is 1. The van der Waals surface area contributed by atoms with Crippen molar-refractivity contribution < 1.29 is 23.1 Å². The highest BCUT2D eigenvalue weighted by Gasteiger charge is 2.68. The van der Waals surface area contributed by atoms with Crippen LogP contribution in [0.1, 0.15) is 32.1 Å². The molecule has 0 aromatic carbocycles. The van der Waals surface area contributed by atoms with E-state index in [4.69, 9.17) is 5.26 Å². The predicted octanol–water partition coefficient (Wildman–Crippen LogP) is 1.54. The molecular weight excluding hydrogens is 263 g/mol. The van der Waals surface area contributed by atoms with Crippen molar-refractivity contribution in [1.82, 2.24) is 5.01 Å². The molecule has 1 aliphatic carbocycles. The van der Waals surface area contributed by atoms with Crippen LogP contribution in [0.15, 0.2) is 5.10 Å². The summed E-state index contributed by atoms with van der Waals surface area (Å²) in [5, 5.41) is 22.1. The highest BCUT2D eigenvalue weighted by Crippen LogP contribution is 2.48. The number of hydrazone groups is 1. The molecule has 0 spiro atoms. The Labute approximate surface area is 107 Å². The van der Waals surface area contributed by atoms with Gasteiger partial charge in [0.1, 0.15) is 6.42 Å². The summed E-state index contributed by atoms with van der Waals surface area (Å²) in [7, 11) is 0. The Morgan fingerprint density at radius 3 is 2.84 bits per heavy atom. The van der Waals surface area contributed by atoms with E-state index in [-0.39, 0.29) is 17.1 Å². The lowest BCUT2D eigenvalue weighted by atomic mass is 9.80. The molecule has 104 valence electrons. The number of carbonyl (C=O) groups excluding carboxylic acids is 1. The zero-order valence-electron chi connectivity index (χ0n) is 9.94. The van der Waals surface area contributed by atoms with Crippen molar-refractivity contribution in [2.24, 2.45) is 11.0 Å². The number of nitrogens with zero attached hydrogens (tertiary/aromatic N) is 3. The molecule has 1 amide bonds. The van der Waals surface area contributed by atoms with Crippen LogP contribution in [-0.2, 0) is 4.79 Å². The van der Waals surface area contributed by atoms with Crippen LogP contribution in [0.5, 0.6) is 0 Å². The number of rotatable bonds is 1. The molecule has 2 atom stereocenters. The van der Waals surface area contributed by atoms with Crippen LogP contribution in [0.3, 0.4) is 0 Å². The molecule has 1 N–H and O–H groups in total. The van der Waals surface area contributed by atoms with Gasteiger partial charge in [-0.3, -0.25) is 4.79 Å². The summed E-state index contributed by atoms with van der Waals surface area (Å²) in [6, 6.07) is 1.48. The second-order valence-corrected chi connectivity index (χ2v) is 4.65. The Morgan fingerprint density at radius 2 is 2.26 bits per heavy atom. The number of nitriles is 1. The molecule has 0 bridgehead atoms. The maximum atomic E-state index is 13.2. The summed E-state index contributed by atoms with van der Waals surface area (Å²) in [4.78, 5) is 11.6. The average molecular weight is 275 g/mol. The summed E-state index contributed by atoms with van der Waals surface area (Å²) in [5.41, 5.74) is -3.12. The lowest BCUT2D eigenvalue weighted by molar-refractivity contribution is -0.317. The van der Waals surface area contributed by atoms with Crippen molar-refractivity contribution in [3.63, 3.8) is 0 Å². The van der Waals surface area contributed by atoms with Gasteiger partial charge in [-0.05, 0) is 19.3 Å². The van der Waals surface area contributed by atoms with Crippen LogP contribution in [-0.4, -0.2) is 33.6 Å². The van der Waals surface area contributed by atoms with Crippen LogP contribution in [0, 0.1) is 17.2 Å². The number of hydrogen-bond donors (Lipinski definition) is 1. The van der Waals surface area contributed by atoms with Crippen molar-refractivity contribution in [2.45, 2.75) is 44.0 Å². The van der Waals surface area contributed by atoms with Gasteiger partial charge in [0.15, 0.2) is 0 Å². The summed E-state index contributed by atoms with van der Waals surface area (Å²) >= 11 is 0. The Balaban J connectivity index is 2.42. The number of hydrogen-bond acceptors (Lipinski definition) is 4. The van der Waals surface area contributed by atoms with Gasteiger partial charge in [-0.2, -0.15) is 28.5 Å². The molecule has 0 aromatic heterocycles. The second-order valence-electron chi connectivity index (χ2n) is 4.65. The Morgan fingerprint density at radius 1 is 1.58 bits per heavy atom. The topological polar surface area (TPSA) is 76.7 Å². The van der Waals surface area contributed by atoms with Gasteiger partial charge in [-0.15, -0.1) is 0 Å². The molecule has 8 heteroatoms. The fourth-order valence-corrected chi connectivity index (χ4v) is 2.61. The van der Waals surface area contributed by atoms with Gasteiger partial charge in [-0.1, -0.05) is 6.42 Å². The average Bonchev–Trinajstić information content (AvgIpc) is 2.65. The van der Waals surface area contributed by atoms with E-state index in [1.54, 1.807) is 0 Å².